The molecule has 4 saturated carbocycles. The molecule has 0 aromatic carbocycles. The first-order chi connectivity index (χ1) is 14.2. The first-order valence-corrected chi connectivity index (χ1v) is 13.6. The Bertz CT molecular complexity index is 667. The molecule has 0 radical (unpaired) electrons. The van der Waals surface area contributed by atoms with Crippen LogP contribution >= 0.6 is 0 Å². The van der Waals surface area contributed by atoms with Gasteiger partial charge in [-0.15, -0.1) is 0 Å². The molecule has 0 aromatic rings. The predicted molar refractivity (Wildman–Crippen MR) is 126 cm³/mol. The van der Waals surface area contributed by atoms with Crippen LogP contribution < -0.4 is 0 Å². The van der Waals surface area contributed by atoms with E-state index in [2.05, 4.69) is 46.8 Å². The molecule has 0 spiro atoms. The van der Waals surface area contributed by atoms with Crippen LogP contribution in [0.4, 0.5) is 0 Å². The molecule has 1 nitrogen and oxygen atoms in total. The molecule has 5 rings (SSSR count). The molecule has 30 heavy (non-hydrogen) atoms. The number of hydrogen-bond acceptors (Lipinski definition) is 1. The third-order valence-corrected chi connectivity index (χ3v) is 11.9. The number of allylic oxidation sites excluding steroid dienone is 2. The summed E-state index contributed by atoms with van der Waals surface area (Å²) in [6.07, 6.45) is 18.7. The van der Waals surface area contributed by atoms with Gasteiger partial charge in [-0.2, -0.15) is 0 Å². The minimum absolute atomic E-state index is 0.0594. The van der Waals surface area contributed by atoms with Crippen molar-refractivity contribution in [3.8, 4) is 0 Å². The Kier molecular flexibility index (Phi) is 5.48. The molecule has 5 aliphatic rings. The average molecular weight is 413 g/mol. The number of aliphatic hydroxyl groups excluding tert-OH is 1. The molecule has 0 saturated heterocycles. The number of rotatable bonds is 5. The summed E-state index contributed by atoms with van der Waals surface area (Å²) in [6.45, 7) is 12.9. The molecule has 4 unspecified atom stereocenters. The largest absolute Gasteiger partial charge is 0.393 e. The van der Waals surface area contributed by atoms with Gasteiger partial charge in [-0.1, -0.05) is 59.6 Å². The average Bonchev–Trinajstić information content (AvgIpc) is 3.33. The minimum atomic E-state index is -0.0594. The summed E-state index contributed by atoms with van der Waals surface area (Å²) in [5.41, 5.74) is 1.01. The van der Waals surface area contributed by atoms with Crippen molar-refractivity contribution < 1.29 is 5.11 Å². The molecule has 5 aliphatic carbocycles. The topological polar surface area (TPSA) is 20.2 Å². The zero-order valence-corrected chi connectivity index (χ0v) is 20.4. The SMILES string of the molecule is C[C@H](CC[C@@H](C)[C@H]1CCC2C3C=CC4C[C@@H](O)CC[C@]4(C)C3CC[C@@]21C)[C@@H]1C[C@H]1C. The normalized spacial score (nSPS) is 54.1. The molecule has 0 aliphatic heterocycles. The van der Waals surface area contributed by atoms with Crippen LogP contribution in [0.15, 0.2) is 12.2 Å². The lowest BCUT2D eigenvalue weighted by Gasteiger charge is -2.59. The molecule has 1 N–H and O–H groups in total. The van der Waals surface area contributed by atoms with Crippen molar-refractivity contribution >= 4 is 0 Å². The maximum atomic E-state index is 10.3. The number of aliphatic hydroxyl groups is 1. The Morgan fingerprint density at radius 3 is 2.27 bits per heavy atom. The zero-order valence-electron chi connectivity index (χ0n) is 20.4. The van der Waals surface area contributed by atoms with E-state index < -0.39 is 0 Å². The monoisotopic (exact) mass is 412 g/mol. The Labute approximate surface area is 186 Å². The van der Waals surface area contributed by atoms with E-state index in [1.54, 1.807) is 0 Å². The smallest absolute Gasteiger partial charge is 0.0546 e. The molecule has 0 aromatic heterocycles. The van der Waals surface area contributed by atoms with Crippen LogP contribution in [-0.2, 0) is 0 Å². The molecule has 0 amide bonds. The van der Waals surface area contributed by atoms with Crippen molar-refractivity contribution in [2.45, 2.75) is 105 Å². The summed E-state index contributed by atoms with van der Waals surface area (Å²) in [7, 11) is 0. The lowest BCUT2D eigenvalue weighted by molar-refractivity contribution is -0.0814. The van der Waals surface area contributed by atoms with Gasteiger partial charge in [-0.3, -0.25) is 0 Å². The fourth-order valence-electron chi connectivity index (χ4n) is 9.66. The van der Waals surface area contributed by atoms with Crippen LogP contribution in [0.5, 0.6) is 0 Å². The fraction of sp³-hybridized carbons (Fsp3) is 0.931. The van der Waals surface area contributed by atoms with Crippen molar-refractivity contribution in [1.82, 2.24) is 0 Å². The molecule has 0 bridgehead atoms. The van der Waals surface area contributed by atoms with Crippen LogP contribution in [0.3, 0.4) is 0 Å². The van der Waals surface area contributed by atoms with Gasteiger partial charge in [-0.05, 0) is 115 Å². The number of hydrogen-bond donors (Lipinski definition) is 1. The van der Waals surface area contributed by atoms with Gasteiger partial charge in [0.1, 0.15) is 0 Å². The van der Waals surface area contributed by atoms with Gasteiger partial charge in [0, 0.05) is 0 Å². The standard InChI is InChI=1S/C29H48O/c1-18(24-16-20(24)3)6-7-19(2)25-10-11-26-23-9-8-21-17-22(30)12-14-28(21,4)27(23)13-15-29(25,26)5/h8-9,18-27,30H,6-7,10-17H2,1-5H3/t18-,19-,20-,21?,22+,23?,24+,25-,26?,27?,28+,29-/m1/s1. The van der Waals surface area contributed by atoms with Crippen LogP contribution in [0.1, 0.15) is 98.8 Å². The van der Waals surface area contributed by atoms with Gasteiger partial charge in [0.05, 0.1) is 6.10 Å². The Morgan fingerprint density at radius 2 is 1.53 bits per heavy atom. The first-order valence-electron chi connectivity index (χ1n) is 13.6. The summed E-state index contributed by atoms with van der Waals surface area (Å²) in [5, 5.41) is 10.3. The molecule has 170 valence electrons. The maximum absolute atomic E-state index is 10.3. The van der Waals surface area contributed by atoms with Gasteiger partial charge < -0.3 is 5.11 Å². The van der Waals surface area contributed by atoms with Crippen molar-refractivity contribution in [3.05, 3.63) is 12.2 Å². The van der Waals surface area contributed by atoms with Gasteiger partial charge in [-0.25, -0.2) is 0 Å². The lowest BCUT2D eigenvalue weighted by Crippen LogP contribution is -2.52. The van der Waals surface area contributed by atoms with Crippen LogP contribution in [0.2, 0.25) is 0 Å². The second kappa shape index (κ2) is 7.64. The Balaban J connectivity index is 1.28. The third-order valence-electron chi connectivity index (χ3n) is 11.9. The van der Waals surface area contributed by atoms with Gasteiger partial charge in [0.15, 0.2) is 0 Å². The van der Waals surface area contributed by atoms with Crippen molar-refractivity contribution in [2.24, 2.45) is 64.1 Å². The van der Waals surface area contributed by atoms with E-state index in [-0.39, 0.29) is 6.10 Å². The number of fused-ring (bicyclic) bond motifs is 5. The molecule has 4 fully saturated rings. The minimum Gasteiger partial charge on any atom is -0.393 e. The van der Waals surface area contributed by atoms with Gasteiger partial charge in [0.2, 0.25) is 0 Å². The molecular formula is C29H48O. The van der Waals surface area contributed by atoms with E-state index in [9.17, 15) is 5.11 Å². The van der Waals surface area contributed by atoms with Crippen LogP contribution in [-0.4, -0.2) is 11.2 Å². The summed E-state index contributed by atoms with van der Waals surface area (Å²) in [5.74, 6) is 8.03. The quantitative estimate of drug-likeness (QED) is 0.464. The summed E-state index contributed by atoms with van der Waals surface area (Å²) < 4.78 is 0. The molecule has 12 atom stereocenters. The van der Waals surface area contributed by atoms with E-state index in [0.29, 0.717) is 16.7 Å². The van der Waals surface area contributed by atoms with Crippen molar-refractivity contribution in [2.75, 3.05) is 0 Å². The highest BCUT2D eigenvalue weighted by atomic mass is 16.3. The van der Waals surface area contributed by atoms with Crippen LogP contribution in [0, 0.1) is 64.1 Å². The van der Waals surface area contributed by atoms with Crippen molar-refractivity contribution in [3.63, 3.8) is 0 Å². The van der Waals surface area contributed by atoms with Gasteiger partial charge in [0.25, 0.3) is 0 Å². The first kappa shape index (κ1) is 21.5. The van der Waals surface area contributed by atoms with E-state index in [0.717, 1.165) is 60.2 Å². The highest BCUT2D eigenvalue weighted by Gasteiger charge is 2.59. The lowest BCUT2D eigenvalue weighted by atomic mass is 9.46. The van der Waals surface area contributed by atoms with E-state index in [4.69, 9.17) is 0 Å². The summed E-state index contributed by atoms with van der Waals surface area (Å²) >= 11 is 0. The van der Waals surface area contributed by atoms with Crippen LogP contribution in [0.25, 0.3) is 0 Å². The summed E-state index contributed by atoms with van der Waals surface area (Å²) in [6, 6.07) is 0. The zero-order chi connectivity index (χ0) is 21.3. The highest BCUT2D eigenvalue weighted by molar-refractivity contribution is 5.18. The van der Waals surface area contributed by atoms with Crippen molar-refractivity contribution in [1.29, 1.82) is 0 Å². The van der Waals surface area contributed by atoms with E-state index in [1.807, 2.05) is 0 Å². The Hall–Kier alpha value is -0.300. The fourth-order valence-corrected chi connectivity index (χ4v) is 9.66. The third kappa shape index (κ3) is 3.36. The maximum Gasteiger partial charge on any atom is 0.0546 e. The molecular weight excluding hydrogens is 364 g/mol. The second-order valence-corrected chi connectivity index (χ2v) is 13.4. The second-order valence-electron chi connectivity index (χ2n) is 13.4. The summed E-state index contributed by atoms with van der Waals surface area (Å²) in [4.78, 5) is 0. The molecule has 1 heteroatoms. The van der Waals surface area contributed by atoms with E-state index in [1.165, 1.54) is 51.4 Å². The predicted octanol–water partition coefficient (Wildman–Crippen LogP) is 7.49. The Morgan fingerprint density at radius 1 is 0.867 bits per heavy atom. The molecule has 0 heterocycles. The van der Waals surface area contributed by atoms with E-state index >= 15 is 0 Å². The highest BCUT2D eigenvalue weighted by Crippen LogP contribution is 2.67. The van der Waals surface area contributed by atoms with Gasteiger partial charge >= 0.3 is 0 Å².